The van der Waals surface area contributed by atoms with E-state index in [1.54, 1.807) is 5.56 Å². The van der Waals surface area contributed by atoms with E-state index in [1.165, 1.54) is 76.2 Å². The van der Waals surface area contributed by atoms with Gasteiger partial charge in [-0.15, -0.1) is 13.2 Å². The first-order valence-corrected chi connectivity index (χ1v) is 10.9. The topological polar surface area (TPSA) is 0 Å². The van der Waals surface area contributed by atoms with E-state index in [4.69, 9.17) is 0 Å². The predicted octanol–water partition coefficient (Wildman–Crippen LogP) is 7.86. The molecular formula is C26H37. The van der Waals surface area contributed by atoms with Gasteiger partial charge in [-0.05, 0) is 99.0 Å². The molecule has 0 saturated heterocycles. The fourth-order valence-electron chi connectivity index (χ4n) is 5.11. The largest absolute Gasteiger partial charge is 0.103 e. The minimum Gasteiger partial charge on any atom is -0.103 e. The van der Waals surface area contributed by atoms with Crippen molar-refractivity contribution in [3.63, 3.8) is 0 Å². The molecule has 1 aromatic rings. The molecule has 26 heavy (non-hydrogen) atoms. The summed E-state index contributed by atoms with van der Waals surface area (Å²) >= 11 is 0. The molecule has 2 aliphatic carbocycles. The first-order valence-electron chi connectivity index (χ1n) is 10.9. The second-order valence-corrected chi connectivity index (χ2v) is 8.76. The second kappa shape index (κ2) is 10.1. The molecule has 0 unspecified atom stereocenters. The van der Waals surface area contributed by atoms with Crippen molar-refractivity contribution in [2.75, 3.05) is 0 Å². The summed E-state index contributed by atoms with van der Waals surface area (Å²) in [6.07, 6.45) is 21.4. The Labute approximate surface area is 161 Å². The molecule has 0 heterocycles. The number of allylic oxidation sites excluding steroid dienone is 2. The summed E-state index contributed by atoms with van der Waals surface area (Å²) in [5.41, 5.74) is 2.98. The van der Waals surface area contributed by atoms with Crippen LogP contribution >= 0.6 is 0 Å². The molecule has 0 aromatic heterocycles. The molecule has 0 aliphatic heterocycles. The van der Waals surface area contributed by atoms with Crippen LogP contribution in [0.2, 0.25) is 0 Å². The lowest BCUT2D eigenvalue weighted by molar-refractivity contribution is 0.275. The average molecular weight is 350 g/mol. The minimum absolute atomic E-state index is 0.783. The van der Waals surface area contributed by atoms with E-state index in [0.717, 1.165) is 23.7 Å². The lowest BCUT2D eigenvalue weighted by Gasteiger charge is -2.28. The molecular weight excluding hydrogens is 312 g/mol. The van der Waals surface area contributed by atoms with Crippen molar-refractivity contribution in [1.82, 2.24) is 0 Å². The van der Waals surface area contributed by atoms with Gasteiger partial charge < -0.3 is 0 Å². The van der Waals surface area contributed by atoms with Crippen LogP contribution in [0.25, 0.3) is 0 Å². The minimum atomic E-state index is 0.783. The van der Waals surface area contributed by atoms with E-state index in [1.807, 2.05) is 0 Å². The molecule has 0 heteroatoms. The second-order valence-electron chi connectivity index (χ2n) is 8.76. The summed E-state index contributed by atoms with van der Waals surface area (Å²) in [6.45, 7) is 7.79. The van der Waals surface area contributed by atoms with Gasteiger partial charge in [-0.2, -0.15) is 0 Å². The summed E-state index contributed by atoms with van der Waals surface area (Å²) in [5.74, 6) is 3.48. The number of hydrogen-bond acceptors (Lipinski definition) is 0. The molecule has 1 aromatic carbocycles. The number of benzene rings is 1. The van der Waals surface area contributed by atoms with Crippen LogP contribution in [0.1, 0.15) is 87.7 Å². The van der Waals surface area contributed by atoms with Crippen LogP contribution < -0.4 is 0 Å². The van der Waals surface area contributed by atoms with E-state index >= 15 is 0 Å². The van der Waals surface area contributed by atoms with Crippen molar-refractivity contribution in [1.29, 1.82) is 0 Å². The standard InChI is InChI=1S/C26H37/c1-3-5-21-7-9-23(10-8-21)11-12-24-15-19-26(20-16-24)25-17-13-22(6-4-2)14-18-25/h3-4,12,15-16,19-23,25H,1-2,5-11,13-14,17-18H2/t21?,22-,23?,25-. The van der Waals surface area contributed by atoms with Gasteiger partial charge in [0.2, 0.25) is 0 Å². The molecule has 2 saturated carbocycles. The van der Waals surface area contributed by atoms with Crippen LogP contribution in [0.15, 0.2) is 49.6 Å². The molecule has 0 nitrogen and oxygen atoms in total. The Hall–Kier alpha value is -1.30. The van der Waals surface area contributed by atoms with Gasteiger partial charge >= 0.3 is 0 Å². The van der Waals surface area contributed by atoms with Crippen molar-refractivity contribution in [3.8, 4) is 0 Å². The quantitative estimate of drug-likeness (QED) is 0.419. The molecule has 0 spiro atoms. The Morgan fingerprint density at radius 3 is 1.62 bits per heavy atom. The Balaban J connectivity index is 1.41. The van der Waals surface area contributed by atoms with E-state index in [0.29, 0.717) is 0 Å². The van der Waals surface area contributed by atoms with Crippen molar-refractivity contribution in [2.24, 2.45) is 17.8 Å². The van der Waals surface area contributed by atoms with E-state index in [9.17, 15) is 0 Å². The summed E-state index contributed by atoms with van der Waals surface area (Å²) < 4.78 is 0. The molecule has 2 fully saturated rings. The Morgan fingerprint density at radius 2 is 1.12 bits per heavy atom. The highest BCUT2D eigenvalue weighted by Crippen LogP contribution is 2.37. The highest BCUT2D eigenvalue weighted by Gasteiger charge is 2.22. The average Bonchev–Trinajstić information content (AvgIpc) is 2.69. The van der Waals surface area contributed by atoms with Gasteiger partial charge in [-0.25, -0.2) is 0 Å². The third-order valence-electron chi connectivity index (χ3n) is 6.91. The van der Waals surface area contributed by atoms with Gasteiger partial charge in [-0.3, -0.25) is 0 Å². The third kappa shape index (κ3) is 5.60. The first kappa shape index (κ1) is 19.5. The normalized spacial score (nSPS) is 29.2. The molecule has 2 aliphatic rings. The monoisotopic (exact) mass is 349 g/mol. The molecule has 0 bridgehead atoms. The van der Waals surface area contributed by atoms with E-state index in [-0.39, 0.29) is 0 Å². The molecule has 0 amide bonds. The Morgan fingerprint density at radius 1 is 0.654 bits per heavy atom. The van der Waals surface area contributed by atoms with Gasteiger partial charge in [0.15, 0.2) is 0 Å². The zero-order valence-corrected chi connectivity index (χ0v) is 16.5. The van der Waals surface area contributed by atoms with Crippen molar-refractivity contribution in [2.45, 2.75) is 76.5 Å². The maximum atomic E-state index is 3.90. The maximum absolute atomic E-state index is 3.90. The van der Waals surface area contributed by atoms with Gasteiger partial charge in [0.1, 0.15) is 0 Å². The highest BCUT2D eigenvalue weighted by molar-refractivity contribution is 5.30. The van der Waals surface area contributed by atoms with Gasteiger partial charge in [0, 0.05) is 0 Å². The van der Waals surface area contributed by atoms with E-state index in [2.05, 4.69) is 56.0 Å². The van der Waals surface area contributed by atoms with Crippen LogP contribution in [0.3, 0.4) is 0 Å². The Kier molecular flexibility index (Phi) is 7.59. The first-order chi connectivity index (χ1) is 12.8. The molecule has 0 atom stereocenters. The van der Waals surface area contributed by atoms with Gasteiger partial charge in [0.25, 0.3) is 0 Å². The van der Waals surface area contributed by atoms with Crippen LogP contribution in [-0.4, -0.2) is 0 Å². The zero-order chi connectivity index (χ0) is 18.2. The lowest BCUT2D eigenvalue weighted by atomic mass is 9.77. The van der Waals surface area contributed by atoms with Crippen LogP contribution in [-0.2, 0) is 0 Å². The smallest absolute Gasteiger partial charge is 0.00903 e. The third-order valence-corrected chi connectivity index (χ3v) is 6.91. The van der Waals surface area contributed by atoms with Gasteiger partial charge in [-0.1, -0.05) is 49.3 Å². The highest BCUT2D eigenvalue weighted by atomic mass is 14.3. The van der Waals surface area contributed by atoms with Crippen molar-refractivity contribution >= 4 is 0 Å². The Bertz CT molecular complexity index is 536. The zero-order valence-electron chi connectivity index (χ0n) is 16.5. The van der Waals surface area contributed by atoms with Gasteiger partial charge in [0.05, 0.1) is 0 Å². The van der Waals surface area contributed by atoms with Crippen molar-refractivity contribution in [3.05, 3.63) is 67.1 Å². The molecule has 141 valence electrons. The number of hydrogen-bond donors (Lipinski definition) is 0. The molecule has 3 rings (SSSR count). The summed E-state index contributed by atoms with van der Waals surface area (Å²) in [6, 6.07) is 9.50. The number of rotatable bonds is 8. The van der Waals surface area contributed by atoms with Crippen LogP contribution in [0.5, 0.6) is 0 Å². The van der Waals surface area contributed by atoms with Crippen LogP contribution in [0, 0.1) is 24.2 Å². The molecule has 1 radical (unpaired) electrons. The maximum Gasteiger partial charge on any atom is -0.00903 e. The van der Waals surface area contributed by atoms with Crippen LogP contribution in [0.4, 0.5) is 0 Å². The van der Waals surface area contributed by atoms with E-state index < -0.39 is 0 Å². The summed E-state index contributed by atoms with van der Waals surface area (Å²) in [7, 11) is 0. The lowest BCUT2D eigenvalue weighted by Crippen LogP contribution is -2.14. The summed E-state index contributed by atoms with van der Waals surface area (Å²) in [5, 5.41) is 0. The fraction of sp³-hybridized carbons (Fsp3) is 0.577. The molecule has 0 N–H and O–H groups in total. The van der Waals surface area contributed by atoms with Crippen molar-refractivity contribution < 1.29 is 0 Å². The fourth-order valence-corrected chi connectivity index (χ4v) is 5.11. The summed E-state index contributed by atoms with van der Waals surface area (Å²) in [4.78, 5) is 0. The predicted molar refractivity (Wildman–Crippen MR) is 114 cm³/mol. The SMILES string of the molecule is C=CCC1CCC(C[CH]c2ccc([C@H]3CC[C@H](CC=C)CC3)cc2)CC1.